The van der Waals surface area contributed by atoms with Crippen LogP contribution in [0.25, 0.3) is 0 Å². The quantitative estimate of drug-likeness (QED) is 0.617. The van der Waals surface area contributed by atoms with Gasteiger partial charge < -0.3 is 25.8 Å². The summed E-state index contributed by atoms with van der Waals surface area (Å²) >= 11 is 0. The standard InChI is InChI=1S/C21H24N4O4/c22-17-12-16(17)13-1-4-15(5-2-13)23-20(26)14-3-6-19(18(11-14)24-21(27)28)25-7-9-29-10-8-25/h1-6,11,16-17,24H,7-10,12,22H2,(H,23,26)(H,27,28). The van der Waals surface area contributed by atoms with Crippen molar-refractivity contribution in [2.24, 2.45) is 5.73 Å². The summed E-state index contributed by atoms with van der Waals surface area (Å²) in [7, 11) is 0. The third-order valence-electron chi connectivity index (χ3n) is 5.29. The number of ether oxygens (including phenoxy) is 1. The maximum Gasteiger partial charge on any atom is 0.409 e. The zero-order chi connectivity index (χ0) is 20.4. The molecule has 1 aliphatic carbocycles. The Hall–Kier alpha value is -3.10. The highest BCUT2D eigenvalue weighted by Crippen LogP contribution is 2.39. The Bertz CT molecular complexity index is 909. The molecular formula is C21H24N4O4. The van der Waals surface area contributed by atoms with Gasteiger partial charge in [-0.3, -0.25) is 10.1 Å². The minimum absolute atomic E-state index is 0.237. The van der Waals surface area contributed by atoms with Gasteiger partial charge in [0.05, 0.1) is 24.6 Å². The first kappa shape index (κ1) is 19.2. The predicted molar refractivity (Wildman–Crippen MR) is 111 cm³/mol. The van der Waals surface area contributed by atoms with Crippen molar-refractivity contribution >= 4 is 29.1 Å². The molecule has 1 aliphatic heterocycles. The van der Waals surface area contributed by atoms with Gasteiger partial charge in [0.15, 0.2) is 0 Å². The Morgan fingerprint density at radius 1 is 1.07 bits per heavy atom. The van der Waals surface area contributed by atoms with Crippen LogP contribution in [0.3, 0.4) is 0 Å². The topological polar surface area (TPSA) is 117 Å². The van der Waals surface area contributed by atoms with E-state index in [1.807, 2.05) is 29.2 Å². The van der Waals surface area contributed by atoms with Crippen LogP contribution < -0.4 is 21.3 Å². The molecule has 0 bridgehead atoms. The highest BCUT2D eigenvalue weighted by Gasteiger charge is 2.34. The fraction of sp³-hybridized carbons (Fsp3) is 0.333. The third-order valence-corrected chi connectivity index (χ3v) is 5.29. The van der Waals surface area contributed by atoms with Gasteiger partial charge in [0.1, 0.15) is 0 Å². The Labute approximate surface area is 168 Å². The molecule has 1 saturated heterocycles. The number of carbonyl (C=O) groups is 2. The van der Waals surface area contributed by atoms with Crippen LogP contribution in [0, 0.1) is 0 Å². The smallest absolute Gasteiger partial charge is 0.409 e. The maximum atomic E-state index is 12.7. The zero-order valence-electron chi connectivity index (χ0n) is 15.9. The molecule has 2 aromatic rings. The molecule has 8 nitrogen and oxygen atoms in total. The van der Waals surface area contributed by atoms with Crippen molar-refractivity contribution in [2.75, 3.05) is 41.8 Å². The summed E-state index contributed by atoms with van der Waals surface area (Å²) in [5.74, 6) is 0.111. The first-order chi connectivity index (χ1) is 14.0. The normalized spacial score (nSPS) is 20.8. The van der Waals surface area contributed by atoms with Crippen LogP contribution in [0.4, 0.5) is 21.9 Å². The molecule has 2 aromatic carbocycles. The van der Waals surface area contributed by atoms with E-state index in [4.69, 9.17) is 10.5 Å². The largest absolute Gasteiger partial charge is 0.465 e. The zero-order valence-corrected chi connectivity index (χ0v) is 15.9. The second kappa shape index (κ2) is 8.10. The summed E-state index contributed by atoms with van der Waals surface area (Å²) in [4.78, 5) is 25.9. The van der Waals surface area contributed by atoms with Crippen LogP contribution in [0.1, 0.15) is 28.3 Å². The maximum absolute atomic E-state index is 12.7. The van der Waals surface area contributed by atoms with Gasteiger partial charge in [-0.05, 0) is 42.3 Å². The number of hydrogen-bond donors (Lipinski definition) is 4. The second-order valence-corrected chi connectivity index (χ2v) is 7.34. The van der Waals surface area contributed by atoms with Crippen LogP contribution >= 0.6 is 0 Å². The molecule has 8 heteroatoms. The van der Waals surface area contributed by atoms with Crippen LogP contribution in [0.5, 0.6) is 0 Å². The molecule has 2 fully saturated rings. The number of carboxylic acid groups (broad SMARTS) is 1. The summed E-state index contributed by atoms with van der Waals surface area (Å²) < 4.78 is 5.35. The third kappa shape index (κ3) is 4.49. The Morgan fingerprint density at radius 2 is 1.76 bits per heavy atom. The SMILES string of the molecule is NC1CC1c1ccc(NC(=O)c2ccc(N3CCOCC3)c(NC(=O)O)c2)cc1. The number of carbonyl (C=O) groups excluding carboxylic acids is 1. The number of morpholine rings is 1. The minimum atomic E-state index is -1.18. The lowest BCUT2D eigenvalue weighted by Crippen LogP contribution is -2.36. The monoisotopic (exact) mass is 396 g/mol. The van der Waals surface area contributed by atoms with Crippen molar-refractivity contribution in [1.29, 1.82) is 0 Å². The summed E-state index contributed by atoms with van der Waals surface area (Å²) in [6.45, 7) is 2.49. The van der Waals surface area contributed by atoms with Crippen molar-refractivity contribution in [2.45, 2.75) is 18.4 Å². The average Bonchev–Trinajstić information content (AvgIpc) is 3.45. The van der Waals surface area contributed by atoms with Gasteiger partial charge in [0, 0.05) is 36.3 Å². The van der Waals surface area contributed by atoms with E-state index in [1.54, 1.807) is 18.2 Å². The lowest BCUT2D eigenvalue weighted by molar-refractivity contribution is 0.102. The van der Waals surface area contributed by atoms with Gasteiger partial charge in [-0.1, -0.05) is 12.1 Å². The van der Waals surface area contributed by atoms with E-state index >= 15 is 0 Å². The Kier molecular flexibility index (Phi) is 5.37. The fourth-order valence-electron chi connectivity index (χ4n) is 3.59. The number of rotatable bonds is 5. The summed E-state index contributed by atoms with van der Waals surface area (Å²) in [5.41, 5.74) is 9.23. The number of amides is 2. The summed E-state index contributed by atoms with van der Waals surface area (Å²) in [6.07, 6.45) is -0.175. The lowest BCUT2D eigenvalue weighted by Gasteiger charge is -2.30. The summed E-state index contributed by atoms with van der Waals surface area (Å²) in [5, 5.41) is 14.4. The van der Waals surface area contributed by atoms with Crippen molar-refractivity contribution in [1.82, 2.24) is 0 Å². The van der Waals surface area contributed by atoms with E-state index < -0.39 is 6.09 Å². The molecule has 4 rings (SSSR count). The molecule has 2 amide bonds. The number of nitrogens with zero attached hydrogens (tertiary/aromatic N) is 1. The second-order valence-electron chi connectivity index (χ2n) is 7.34. The van der Waals surface area contributed by atoms with Crippen molar-refractivity contribution in [3.63, 3.8) is 0 Å². The minimum Gasteiger partial charge on any atom is -0.465 e. The molecule has 1 heterocycles. The van der Waals surface area contributed by atoms with Gasteiger partial charge in [-0.15, -0.1) is 0 Å². The van der Waals surface area contributed by atoms with Crippen LogP contribution in [-0.2, 0) is 4.74 Å². The van der Waals surface area contributed by atoms with Gasteiger partial charge in [0.25, 0.3) is 5.91 Å². The molecule has 0 aromatic heterocycles. The molecule has 0 spiro atoms. The molecule has 2 unspecified atom stereocenters. The molecule has 152 valence electrons. The first-order valence-electron chi connectivity index (χ1n) is 9.65. The van der Waals surface area contributed by atoms with E-state index in [1.165, 1.54) is 5.56 Å². The number of benzene rings is 2. The highest BCUT2D eigenvalue weighted by molar-refractivity contribution is 6.06. The summed E-state index contributed by atoms with van der Waals surface area (Å²) in [6, 6.07) is 12.9. The van der Waals surface area contributed by atoms with Crippen LogP contribution in [-0.4, -0.2) is 49.5 Å². The molecule has 2 atom stereocenters. The van der Waals surface area contributed by atoms with Crippen molar-refractivity contribution < 1.29 is 19.4 Å². The molecule has 2 aliphatic rings. The molecule has 1 saturated carbocycles. The number of nitrogens with one attached hydrogen (secondary N) is 2. The predicted octanol–water partition coefficient (Wildman–Crippen LogP) is 2.68. The first-order valence-corrected chi connectivity index (χ1v) is 9.65. The lowest BCUT2D eigenvalue weighted by atomic mass is 10.1. The van der Waals surface area contributed by atoms with Gasteiger partial charge >= 0.3 is 6.09 Å². The molecule has 5 N–H and O–H groups in total. The number of nitrogens with two attached hydrogens (primary N) is 1. The van der Waals surface area contributed by atoms with Crippen molar-refractivity contribution in [3.8, 4) is 0 Å². The highest BCUT2D eigenvalue weighted by atomic mass is 16.5. The Balaban J connectivity index is 1.50. The average molecular weight is 396 g/mol. The van der Waals surface area contributed by atoms with E-state index in [0.717, 1.165) is 12.1 Å². The van der Waals surface area contributed by atoms with Gasteiger partial charge in [0.2, 0.25) is 0 Å². The molecular weight excluding hydrogens is 372 g/mol. The molecule has 29 heavy (non-hydrogen) atoms. The van der Waals surface area contributed by atoms with E-state index in [9.17, 15) is 14.7 Å². The van der Waals surface area contributed by atoms with E-state index in [-0.39, 0.29) is 11.9 Å². The van der Waals surface area contributed by atoms with Crippen LogP contribution in [0.2, 0.25) is 0 Å². The van der Waals surface area contributed by atoms with Gasteiger partial charge in [-0.2, -0.15) is 0 Å². The number of anilines is 3. The van der Waals surface area contributed by atoms with Crippen LogP contribution in [0.15, 0.2) is 42.5 Å². The van der Waals surface area contributed by atoms with Gasteiger partial charge in [-0.25, -0.2) is 4.79 Å². The van der Waals surface area contributed by atoms with E-state index in [0.29, 0.717) is 49.2 Å². The molecule has 0 radical (unpaired) electrons. The Morgan fingerprint density at radius 3 is 2.38 bits per heavy atom. The fourth-order valence-corrected chi connectivity index (χ4v) is 3.59. The number of hydrogen-bond acceptors (Lipinski definition) is 5. The van der Waals surface area contributed by atoms with E-state index in [2.05, 4.69) is 10.6 Å². The van der Waals surface area contributed by atoms with Crippen molar-refractivity contribution in [3.05, 3.63) is 53.6 Å².